The third kappa shape index (κ3) is 1.37. The summed E-state index contributed by atoms with van der Waals surface area (Å²) in [7, 11) is 0. The van der Waals surface area contributed by atoms with Crippen LogP contribution in [0.3, 0.4) is 0 Å². The number of imide groups is 1. The molecule has 1 N–H and O–H groups in total. The van der Waals surface area contributed by atoms with Crippen LogP contribution in [-0.4, -0.2) is 45.1 Å². The Bertz CT molecular complexity index is 422. The average Bonchev–Trinajstić information content (AvgIpc) is 2.88. The predicted octanol–water partition coefficient (Wildman–Crippen LogP) is 0.537. The van der Waals surface area contributed by atoms with Gasteiger partial charge in [-0.1, -0.05) is 0 Å². The highest BCUT2D eigenvalue weighted by molar-refractivity contribution is 6.31. The fraction of sp³-hybridized carbons (Fsp3) is 0.727. The molecule has 1 aliphatic heterocycles. The second-order valence-corrected chi connectivity index (χ2v) is 6.17. The van der Waals surface area contributed by atoms with Crippen LogP contribution in [0.25, 0.3) is 0 Å². The first-order chi connectivity index (χ1) is 8.43. The predicted molar refractivity (Wildman–Crippen MR) is 62.2 cm³/mol. The summed E-state index contributed by atoms with van der Waals surface area (Å²) in [5.41, 5.74) is 0. The molecule has 3 fully saturated rings. The SMILES string of the molecule is O=C(O)CN1C(=O)[C@@H]2[C@H]3C[C@@H]([C@H](Cl)[C@H]3Cl)[C@@H]2C1=O. The third-order valence-electron chi connectivity index (χ3n) is 4.37. The lowest BCUT2D eigenvalue weighted by molar-refractivity contribution is -0.149. The molecule has 18 heavy (non-hydrogen) atoms. The number of hydrogen-bond donors (Lipinski definition) is 1. The second kappa shape index (κ2) is 3.84. The lowest BCUT2D eigenvalue weighted by atomic mass is 9.80. The molecule has 2 saturated carbocycles. The molecule has 0 spiro atoms. The van der Waals surface area contributed by atoms with Crippen LogP contribution in [-0.2, 0) is 14.4 Å². The van der Waals surface area contributed by atoms with Crippen LogP contribution in [0.2, 0.25) is 0 Å². The van der Waals surface area contributed by atoms with Crippen LogP contribution in [0.5, 0.6) is 0 Å². The van der Waals surface area contributed by atoms with Crippen molar-refractivity contribution in [1.29, 1.82) is 0 Å². The third-order valence-corrected chi connectivity index (χ3v) is 5.69. The number of aliphatic carboxylic acids is 1. The van der Waals surface area contributed by atoms with E-state index in [4.69, 9.17) is 28.3 Å². The number of carboxylic acids is 1. The zero-order valence-electron chi connectivity index (χ0n) is 9.25. The van der Waals surface area contributed by atoms with Crippen molar-refractivity contribution < 1.29 is 19.5 Å². The van der Waals surface area contributed by atoms with Crippen molar-refractivity contribution in [3.63, 3.8) is 0 Å². The molecule has 0 radical (unpaired) electrons. The van der Waals surface area contributed by atoms with Crippen molar-refractivity contribution in [2.45, 2.75) is 17.2 Å². The maximum Gasteiger partial charge on any atom is 0.323 e. The summed E-state index contributed by atoms with van der Waals surface area (Å²) in [6, 6.07) is 0. The van der Waals surface area contributed by atoms with E-state index in [-0.39, 0.29) is 22.6 Å². The molecular formula is C11H11Cl2NO4. The molecule has 98 valence electrons. The maximum atomic E-state index is 12.1. The van der Waals surface area contributed by atoms with E-state index < -0.39 is 36.2 Å². The molecule has 0 aromatic heterocycles. The first kappa shape index (κ1) is 12.2. The Morgan fingerprint density at radius 1 is 1.17 bits per heavy atom. The van der Waals surface area contributed by atoms with Crippen molar-refractivity contribution in [3.05, 3.63) is 0 Å². The lowest BCUT2D eigenvalue weighted by Gasteiger charge is -2.28. The van der Waals surface area contributed by atoms with Crippen LogP contribution in [0.15, 0.2) is 0 Å². The van der Waals surface area contributed by atoms with Crippen molar-refractivity contribution in [3.8, 4) is 0 Å². The van der Waals surface area contributed by atoms with E-state index in [2.05, 4.69) is 0 Å². The van der Waals surface area contributed by atoms with E-state index in [1.807, 2.05) is 0 Å². The van der Waals surface area contributed by atoms with Crippen LogP contribution in [0, 0.1) is 23.7 Å². The highest BCUT2D eigenvalue weighted by atomic mass is 35.5. The van der Waals surface area contributed by atoms with Gasteiger partial charge in [-0.15, -0.1) is 23.2 Å². The number of amides is 2. The quantitative estimate of drug-likeness (QED) is 0.595. The number of nitrogens with zero attached hydrogens (tertiary/aromatic N) is 1. The van der Waals surface area contributed by atoms with Gasteiger partial charge in [-0.3, -0.25) is 19.3 Å². The number of carbonyl (C=O) groups excluding carboxylic acids is 2. The van der Waals surface area contributed by atoms with Crippen LogP contribution < -0.4 is 0 Å². The smallest absolute Gasteiger partial charge is 0.323 e. The van der Waals surface area contributed by atoms with E-state index in [1.54, 1.807) is 0 Å². The minimum atomic E-state index is -1.19. The molecule has 0 aromatic carbocycles. The highest BCUT2D eigenvalue weighted by Gasteiger charge is 2.66. The molecule has 5 nitrogen and oxygen atoms in total. The Hall–Kier alpha value is -0.810. The molecule has 1 heterocycles. The number of fused-ring (bicyclic) bond motifs is 5. The molecule has 3 aliphatic rings. The van der Waals surface area contributed by atoms with Gasteiger partial charge < -0.3 is 5.11 Å². The van der Waals surface area contributed by atoms with Gasteiger partial charge in [0.2, 0.25) is 11.8 Å². The van der Waals surface area contributed by atoms with E-state index in [0.29, 0.717) is 6.42 Å². The molecule has 6 atom stereocenters. The van der Waals surface area contributed by atoms with Crippen molar-refractivity contribution in [2.24, 2.45) is 23.7 Å². The minimum absolute atomic E-state index is 0.0978. The summed E-state index contributed by atoms with van der Waals surface area (Å²) >= 11 is 12.3. The summed E-state index contributed by atoms with van der Waals surface area (Å²) in [6.45, 7) is -0.565. The topological polar surface area (TPSA) is 74.7 Å². The van der Waals surface area contributed by atoms with Crippen LogP contribution >= 0.6 is 23.2 Å². The lowest BCUT2D eigenvalue weighted by Crippen LogP contribution is -2.37. The Labute approximate surface area is 113 Å². The molecule has 3 rings (SSSR count). The van der Waals surface area contributed by atoms with Crippen LogP contribution in [0.4, 0.5) is 0 Å². The molecule has 1 saturated heterocycles. The Morgan fingerprint density at radius 2 is 1.61 bits per heavy atom. The average molecular weight is 292 g/mol. The van der Waals surface area contributed by atoms with Gasteiger partial charge >= 0.3 is 5.97 Å². The van der Waals surface area contributed by atoms with Gasteiger partial charge in [0.15, 0.2) is 0 Å². The maximum absolute atomic E-state index is 12.1. The minimum Gasteiger partial charge on any atom is -0.480 e. The monoisotopic (exact) mass is 291 g/mol. The Balaban J connectivity index is 1.92. The van der Waals surface area contributed by atoms with Gasteiger partial charge in [0.05, 0.1) is 22.6 Å². The molecular weight excluding hydrogens is 281 g/mol. The van der Waals surface area contributed by atoms with Gasteiger partial charge in [0.25, 0.3) is 0 Å². The first-order valence-corrected chi connectivity index (χ1v) is 6.66. The molecule has 2 aliphatic carbocycles. The summed E-state index contributed by atoms with van der Waals surface area (Å²) in [5.74, 6) is -3.09. The molecule has 0 unspecified atom stereocenters. The highest BCUT2D eigenvalue weighted by Crippen LogP contribution is 2.59. The molecule has 2 amide bonds. The molecule has 7 heteroatoms. The van der Waals surface area contributed by atoms with Gasteiger partial charge in [-0.25, -0.2) is 0 Å². The fourth-order valence-corrected chi connectivity index (χ4v) is 4.59. The van der Waals surface area contributed by atoms with Gasteiger partial charge in [0, 0.05) is 0 Å². The van der Waals surface area contributed by atoms with Crippen molar-refractivity contribution >= 4 is 41.0 Å². The van der Waals surface area contributed by atoms with Crippen molar-refractivity contribution in [2.75, 3.05) is 6.54 Å². The molecule has 2 bridgehead atoms. The summed E-state index contributed by atoms with van der Waals surface area (Å²) in [5, 5.41) is 8.11. The van der Waals surface area contributed by atoms with Gasteiger partial charge in [-0.05, 0) is 18.3 Å². The van der Waals surface area contributed by atoms with E-state index in [9.17, 15) is 14.4 Å². The second-order valence-electron chi connectivity index (χ2n) is 5.16. The molecule has 0 aromatic rings. The van der Waals surface area contributed by atoms with Crippen molar-refractivity contribution in [1.82, 2.24) is 4.90 Å². The number of alkyl halides is 2. The van der Waals surface area contributed by atoms with Crippen LogP contribution in [0.1, 0.15) is 6.42 Å². The number of halogens is 2. The fourth-order valence-electron chi connectivity index (χ4n) is 3.70. The normalized spacial score (nSPS) is 45.8. The Kier molecular flexibility index (Phi) is 2.61. The zero-order valence-corrected chi connectivity index (χ0v) is 10.8. The number of likely N-dealkylation sites (tertiary alicyclic amines) is 1. The number of carbonyl (C=O) groups is 3. The van der Waals surface area contributed by atoms with Gasteiger partial charge in [-0.2, -0.15) is 0 Å². The summed E-state index contributed by atoms with van der Waals surface area (Å²) in [4.78, 5) is 35.7. The van der Waals surface area contributed by atoms with E-state index in [1.165, 1.54) is 0 Å². The largest absolute Gasteiger partial charge is 0.480 e. The number of rotatable bonds is 2. The zero-order chi connectivity index (χ0) is 13.2. The number of hydrogen-bond acceptors (Lipinski definition) is 3. The summed E-state index contributed by atoms with van der Waals surface area (Å²) < 4.78 is 0. The number of carboxylic acid groups (broad SMARTS) is 1. The first-order valence-electron chi connectivity index (χ1n) is 5.78. The van der Waals surface area contributed by atoms with E-state index >= 15 is 0 Å². The standard InChI is InChI=1S/C11H11Cl2NO4/c12-8-3-1-4(9(8)13)7-6(3)10(17)14(11(7)18)2-5(15)16/h3-4,6-9H,1-2H2,(H,15,16)/t3-,4-,6-,7+,8+,9+/m1/s1. The Morgan fingerprint density at radius 3 is 2.00 bits per heavy atom. The summed E-state index contributed by atoms with van der Waals surface area (Å²) in [6.07, 6.45) is 0.691. The van der Waals surface area contributed by atoms with E-state index in [0.717, 1.165) is 4.90 Å². The van der Waals surface area contributed by atoms with Gasteiger partial charge in [0.1, 0.15) is 6.54 Å².